The Morgan fingerprint density at radius 3 is 2.47 bits per heavy atom. The van der Waals surface area contributed by atoms with Gasteiger partial charge in [0, 0.05) is 5.69 Å². The van der Waals surface area contributed by atoms with Crippen molar-refractivity contribution in [1.82, 2.24) is 0 Å². The Morgan fingerprint density at radius 2 is 1.74 bits per heavy atom. The molecule has 0 bridgehead atoms. The number of methoxy groups -OCH3 is 1. The monoisotopic (exact) mass is 255 g/mol. The standard InChI is InChI=1S/C16H17NO2/c1-19-16(18)12-17-15-10-6-5-9-14(15)11-13-7-3-2-4-8-13/h2-10,17H,11-12H2,1H3. The minimum atomic E-state index is -0.269. The zero-order valence-corrected chi connectivity index (χ0v) is 10.9. The number of rotatable bonds is 5. The summed E-state index contributed by atoms with van der Waals surface area (Å²) in [5, 5.41) is 3.11. The topological polar surface area (TPSA) is 38.3 Å². The van der Waals surface area contributed by atoms with E-state index in [4.69, 9.17) is 0 Å². The van der Waals surface area contributed by atoms with Crippen molar-refractivity contribution < 1.29 is 9.53 Å². The van der Waals surface area contributed by atoms with Crippen molar-refractivity contribution in [2.45, 2.75) is 6.42 Å². The van der Waals surface area contributed by atoms with Crippen LogP contribution in [0.5, 0.6) is 0 Å². The van der Waals surface area contributed by atoms with E-state index in [0.717, 1.165) is 17.7 Å². The molecule has 3 heteroatoms. The van der Waals surface area contributed by atoms with Gasteiger partial charge in [-0.1, -0.05) is 48.5 Å². The second kappa shape index (κ2) is 6.59. The lowest BCUT2D eigenvalue weighted by atomic mass is 10.0. The number of carbonyl (C=O) groups excluding carboxylic acids is 1. The van der Waals surface area contributed by atoms with E-state index in [2.05, 4.69) is 28.3 Å². The number of nitrogens with one attached hydrogen (secondary N) is 1. The zero-order chi connectivity index (χ0) is 13.5. The van der Waals surface area contributed by atoms with E-state index in [-0.39, 0.29) is 12.5 Å². The van der Waals surface area contributed by atoms with Crippen LogP contribution in [0.15, 0.2) is 54.6 Å². The molecule has 19 heavy (non-hydrogen) atoms. The highest BCUT2D eigenvalue weighted by Gasteiger charge is 2.05. The first-order valence-corrected chi connectivity index (χ1v) is 6.22. The third-order valence-corrected chi connectivity index (χ3v) is 2.91. The summed E-state index contributed by atoms with van der Waals surface area (Å²) in [6.45, 7) is 0.183. The van der Waals surface area contributed by atoms with Gasteiger partial charge in [0.05, 0.1) is 7.11 Å². The van der Waals surface area contributed by atoms with Gasteiger partial charge >= 0.3 is 5.97 Å². The van der Waals surface area contributed by atoms with Crippen molar-refractivity contribution in [1.29, 1.82) is 0 Å². The minimum Gasteiger partial charge on any atom is -0.468 e. The fraction of sp³-hybridized carbons (Fsp3) is 0.188. The fourth-order valence-corrected chi connectivity index (χ4v) is 1.90. The number of benzene rings is 2. The molecular weight excluding hydrogens is 238 g/mol. The van der Waals surface area contributed by atoms with Gasteiger partial charge in [-0.05, 0) is 23.6 Å². The van der Waals surface area contributed by atoms with Gasteiger partial charge in [0.1, 0.15) is 6.54 Å². The Kier molecular flexibility index (Phi) is 4.56. The highest BCUT2D eigenvalue weighted by molar-refractivity contribution is 5.75. The summed E-state index contributed by atoms with van der Waals surface area (Å²) >= 11 is 0. The predicted molar refractivity (Wildman–Crippen MR) is 76.2 cm³/mol. The number of hydrogen-bond donors (Lipinski definition) is 1. The van der Waals surface area contributed by atoms with Gasteiger partial charge in [-0.15, -0.1) is 0 Å². The quantitative estimate of drug-likeness (QED) is 0.835. The molecule has 0 radical (unpaired) electrons. The molecule has 0 unspecified atom stereocenters. The summed E-state index contributed by atoms with van der Waals surface area (Å²) in [5.74, 6) is -0.269. The summed E-state index contributed by atoms with van der Waals surface area (Å²) in [4.78, 5) is 11.2. The molecule has 0 aliphatic carbocycles. The minimum absolute atomic E-state index is 0.183. The van der Waals surface area contributed by atoms with Gasteiger partial charge in [0.2, 0.25) is 0 Å². The normalized spacial score (nSPS) is 9.95. The second-order valence-corrected chi connectivity index (χ2v) is 4.25. The molecule has 2 aromatic rings. The predicted octanol–water partition coefficient (Wildman–Crippen LogP) is 2.86. The first-order chi connectivity index (χ1) is 9.29. The van der Waals surface area contributed by atoms with Crippen LogP contribution in [0.3, 0.4) is 0 Å². The van der Waals surface area contributed by atoms with Crippen LogP contribution in [0, 0.1) is 0 Å². The van der Waals surface area contributed by atoms with Crippen molar-refractivity contribution in [2.24, 2.45) is 0 Å². The maximum Gasteiger partial charge on any atom is 0.325 e. The van der Waals surface area contributed by atoms with E-state index in [0.29, 0.717) is 0 Å². The van der Waals surface area contributed by atoms with Gasteiger partial charge < -0.3 is 10.1 Å². The third kappa shape index (κ3) is 3.85. The van der Waals surface area contributed by atoms with Crippen LogP contribution in [0.25, 0.3) is 0 Å². The zero-order valence-electron chi connectivity index (χ0n) is 10.9. The van der Waals surface area contributed by atoms with E-state index in [1.54, 1.807) is 0 Å². The molecule has 2 aromatic carbocycles. The van der Waals surface area contributed by atoms with Gasteiger partial charge in [-0.3, -0.25) is 4.79 Å². The van der Waals surface area contributed by atoms with Crippen LogP contribution in [-0.2, 0) is 16.0 Å². The Hall–Kier alpha value is -2.29. The Bertz CT molecular complexity index is 537. The number of esters is 1. The van der Waals surface area contributed by atoms with Crippen LogP contribution in [0.1, 0.15) is 11.1 Å². The molecular formula is C16H17NO2. The van der Waals surface area contributed by atoms with E-state index in [1.165, 1.54) is 12.7 Å². The summed E-state index contributed by atoms with van der Waals surface area (Å²) < 4.78 is 4.63. The number of hydrogen-bond acceptors (Lipinski definition) is 3. The molecule has 0 heterocycles. The molecule has 0 spiro atoms. The first-order valence-electron chi connectivity index (χ1n) is 6.22. The molecule has 0 atom stereocenters. The van der Waals surface area contributed by atoms with Crippen molar-refractivity contribution in [3.8, 4) is 0 Å². The van der Waals surface area contributed by atoms with Crippen molar-refractivity contribution in [2.75, 3.05) is 19.0 Å². The molecule has 0 saturated heterocycles. The Balaban J connectivity index is 2.10. The SMILES string of the molecule is COC(=O)CNc1ccccc1Cc1ccccc1. The Morgan fingerprint density at radius 1 is 1.05 bits per heavy atom. The fourth-order valence-electron chi connectivity index (χ4n) is 1.90. The molecule has 2 rings (SSSR count). The smallest absolute Gasteiger partial charge is 0.325 e. The molecule has 0 aliphatic rings. The molecule has 0 fully saturated rings. The maximum absolute atomic E-state index is 11.2. The van der Waals surface area contributed by atoms with E-state index >= 15 is 0 Å². The van der Waals surface area contributed by atoms with Gasteiger partial charge in [-0.2, -0.15) is 0 Å². The van der Waals surface area contributed by atoms with Crippen molar-refractivity contribution in [3.05, 3.63) is 65.7 Å². The maximum atomic E-state index is 11.2. The highest BCUT2D eigenvalue weighted by Crippen LogP contribution is 2.18. The molecule has 0 aliphatic heterocycles. The van der Waals surface area contributed by atoms with E-state index < -0.39 is 0 Å². The average molecular weight is 255 g/mol. The molecule has 0 amide bonds. The van der Waals surface area contributed by atoms with Crippen LogP contribution in [-0.4, -0.2) is 19.6 Å². The van der Waals surface area contributed by atoms with Crippen LogP contribution < -0.4 is 5.32 Å². The number of para-hydroxylation sites is 1. The second-order valence-electron chi connectivity index (χ2n) is 4.25. The molecule has 1 N–H and O–H groups in total. The van der Waals surface area contributed by atoms with E-state index in [9.17, 15) is 4.79 Å². The first kappa shape index (κ1) is 13.1. The summed E-state index contributed by atoms with van der Waals surface area (Å²) in [7, 11) is 1.39. The van der Waals surface area contributed by atoms with Crippen LogP contribution in [0.2, 0.25) is 0 Å². The van der Waals surface area contributed by atoms with E-state index in [1.807, 2.05) is 36.4 Å². The average Bonchev–Trinajstić information content (AvgIpc) is 2.47. The molecule has 3 nitrogen and oxygen atoms in total. The lowest BCUT2D eigenvalue weighted by Gasteiger charge is -2.11. The van der Waals surface area contributed by atoms with Gasteiger partial charge in [0.15, 0.2) is 0 Å². The Labute approximate surface area is 113 Å². The molecule has 98 valence electrons. The van der Waals surface area contributed by atoms with Gasteiger partial charge in [0.25, 0.3) is 0 Å². The number of anilines is 1. The van der Waals surface area contributed by atoms with Gasteiger partial charge in [-0.25, -0.2) is 0 Å². The molecule has 0 aromatic heterocycles. The largest absolute Gasteiger partial charge is 0.468 e. The summed E-state index contributed by atoms with van der Waals surface area (Å²) in [6, 6.07) is 18.2. The lowest BCUT2D eigenvalue weighted by Crippen LogP contribution is -2.15. The number of ether oxygens (including phenoxy) is 1. The third-order valence-electron chi connectivity index (χ3n) is 2.91. The van der Waals surface area contributed by atoms with Crippen LogP contribution in [0.4, 0.5) is 5.69 Å². The highest BCUT2D eigenvalue weighted by atomic mass is 16.5. The molecule has 0 saturated carbocycles. The summed E-state index contributed by atoms with van der Waals surface area (Å²) in [6.07, 6.45) is 0.838. The number of carbonyl (C=O) groups is 1. The van der Waals surface area contributed by atoms with Crippen molar-refractivity contribution >= 4 is 11.7 Å². The lowest BCUT2D eigenvalue weighted by molar-refractivity contribution is -0.138. The van der Waals surface area contributed by atoms with Crippen LogP contribution >= 0.6 is 0 Å². The van der Waals surface area contributed by atoms with Crippen molar-refractivity contribution in [3.63, 3.8) is 0 Å². The summed E-state index contributed by atoms with van der Waals surface area (Å²) in [5.41, 5.74) is 3.38.